The normalized spacial score (nSPS) is 27.6. The Morgan fingerprint density at radius 1 is 0.964 bits per heavy atom. The standard InChI is InChI=1S/C21H24O7/c1-19(27-4)17(26-3)18(24)28-20(19,2)21(25,13-9-5-7-11-15(13)22)14-10-6-8-12-16(14)23/h5-12,17,22-23,25H,1-4H3/t17?,19-,20+/m1/s1. The summed E-state index contributed by atoms with van der Waals surface area (Å²) < 4.78 is 16.7. The molecule has 7 nitrogen and oxygen atoms in total. The smallest absolute Gasteiger partial charge is 0.339 e. The molecule has 3 rings (SSSR count). The topological polar surface area (TPSA) is 105 Å². The van der Waals surface area contributed by atoms with Crippen LogP contribution in [0, 0.1) is 0 Å². The second-order valence-corrected chi connectivity index (χ2v) is 7.13. The minimum atomic E-state index is -2.17. The van der Waals surface area contributed by atoms with Crippen molar-refractivity contribution in [3.8, 4) is 11.5 Å². The van der Waals surface area contributed by atoms with E-state index in [9.17, 15) is 20.1 Å². The van der Waals surface area contributed by atoms with Gasteiger partial charge in [0, 0.05) is 25.3 Å². The predicted octanol–water partition coefficient (Wildman–Crippen LogP) is 2.07. The number of aliphatic hydroxyl groups is 1. The van der Waals surface area contributed by atoms with E-state index in [2.05, 4.69) is 0 Å². The third-order valence-electron chi connectivity index (χ3n) is 5.90. The number of hydrogen-bond donors (Lipinski definition) is 3. The molecule has 1 aliphatic heterocycles. The largest absolute Gasteiger partial charge is 0.508 e. The fourth-order valence-electron chi connectivity index (χ4n) is 4.11. The quantitative estimate of drug-likeness (QED) is 0.674. The number of methoxy groups -OCH3 is 2. The van der Waals surface area contributed by atoms with E-state index in [0.717, 1.165) is 0 Å². The van der Waals surface area contributed by atoms with Crippen LogP contribution in [-0.4, -0.2) is 52.8 Å². The average molecular weight is 388 g/mol. The Morgan fingerprint density at radius 2 is 1.43 bits per heavy atom. The van der Waals surface area contributed by atoms with E-state index in [1.54, 1.807) is 31.2 Å². The Balaban J connectivity index is 2.40. The maximum atomic E-state index is 12.6. The average Bonchev–Trinajstić information content (AvgIpc) is 2.88. The van der Waals surface area contributed by atoms with Gasteiger partial charge in [-0.2, -0.15) is 0 Å². The first-order valence-electron chi connectivity index (χ1n) is 8.77. The Labute approximate surface area is 163 Å². The molecule has 3 N–H and O–H groups in total. The van der Waals surface area contributed by atoms with Crippen molar-refractivity contribution in [2.45, 2.75) is 36.8 Å². The van der Waals surface area contributed by atoms with Gasteiger partial charge in [0.1, 0.15) is 17.1 Å². The molecule has 2 aromatic carbocycles. The van der Waals surface area contributed by atoms with Crippen molar-refractivity contribution < 1.29 is 34.3 Å². The SMILES string of the molecule is COC1C(=O)O[C@](C)(C(O)(c2ccccc2O)c2ccccc2O)[C@]1(C)OC. The van der Waals surface area contributed by atoms with Crippen molar-refractivity contribution in [3.63, 3.8) is 0 Å². The minimum Gasteiger partial charge on any atom is -0.508 e. The minimum absolute atomic E-state index is 0.0480. The summed E-state index contributed by atoms with van der Waals surface area (Å²) in [5.74, 6) is -1.19. The zero-order valence-electron chi connectivity index (χ0n) is 16.2. The number of carbonyl (C=O) groups excluding carboxylic acids is 1. The molecule has 0 bridgehead atoms. The van der Waals surface area contributed by atoms with Gasteiger partial charge >= 0.3 is 5.97 Å². The monoisotopic (exact) mass is 388 g/mol. The second-order valence-electron chi connectivity index (χ2n) is 7.13. The van der Waals surface area contributed by atoms with E-state index in [4.69, 9.17) is 14.2 Å². The summed E-state index contributed by atoms with van der Waals surface area (Å²) in [5.41, 5.74) is -5.31. The Bertz CT molecular complexity index is 850. The maximum Gasteiger partial charge on any atom is 0.339 e. The molecule has 28 heavy (non-hydrogen) atoms. The molecule has 0 spiro atoms. The number of hydrogen-bond acceptors (Lipinski definition) is 7. The van der Waals surface area contributed by atoms with Crippen LogP contribution in [0.3, 0.4) is 0 Å². The summed E-state index contributed by atoms with van der Waals surface area (Å²) in [4.78, 5) is 12.6. The van der Waals surface area contributed by atoms with Crippen LogP contribution >= 0.6 is 0 Å². The van der Waals surface area contributed by atoms with Gasteiger partial charge in [0.05, 0.1) is 0 Å². The molecule has 7 heteroatoms. The highest BCUT2D eigenvalue weighted by Gasteiger charge is 2.73. The molecule has 1 unspecified atom stereocenters. The number of benzene rings is 2. The van der Waals surface area contributed by atoms with Crippen LogP contribution < -0.4 is 0 Å². The molecule has 1 fully saturated rings. The summed E-state index contributed by atoms with van der Waals surface area (Å²) in [6.07, 6.45) is -1.13. The van der Waals surface area contributed by atoms with Crippen LogP contribution in [0.2, 0.25) is 0 Å². The molecule has 0 saturated carbocycles. The number of ether oxygens (including phenoxy) is 3. The van der Waals surface area contributed by atoms with Gasteiger partial charge in [0.25, 0.3) is 0 Å². The lowest BCUT2D eigenvalue weighted by Gasteiger charge is -2.49. The number of aromatic hydroxyl groups is 2. The van der Waals surface area contributed by atoms with Crippen LogP contribution in [0.1, 0.15) is 25.0 Å². The lowest BCUT2D eigenvalue weighted by Crippen LogP contribution is -2.65. The third-order valence-corrected chi connectivity index (χ3v) is 5.90. The van der Waals surface area contributed by atoms with Crippen molar-refractivity contribution in [1.29, 1.82) is 0 Å². The van der Waals surface area contributed by atoms with Crippen molar-refractivity contribution in [2.24, 2.45) is 0 Å². The molecular weight excluding hydrogens is 364 g/mol. The Morgan fingerprint density at radius 3 is 1.82 bits per heavy atom. The summed E-state index contributed by atoms with van der Waals surface area (Å²) in [7, 11) is 2.72. The number of phenolic OH excluding ortho intramolecular Hbond substituents is 2. The van der Waals surface area contributed by atoms with Gasteiger partial charge in [-0.3, -0.25) is 0 Å². The van der Waals surface area contributed by atoms with E-state index in [1.165, 1.54) is 45.4 Å². The van der Waals surface area contributed by atoms with Crippen LogP contribution in [0.5, 0.6) is 11.5 Å². The molecule has 1 aliphatic rings. The molecule has 3 atom stereocenters. The molecule has 1 saturated heterocycles. The lowest BCUT2D eigenvalue weighted by molar-refractivity contribution is -0.221. The summed E-state index contributed by atoms with van der Waals surface area (Å²) in [5, 5.41) is 33.2. The van der Waals surface area contributed by atoms with E-state index in [1.807, 2.05) is 0 Å². The molecule has 2 aromatic rings. The summed E-state index contributed by atoms with van der Waals surface area (Å²) >= 11 is 0. The van der Waals surface area contributed by atoms with Crippen LogP contribution in [-0.2, 0) is 24.6 Å². The number of esters is 1. The molecule has 0 aliphatic carbocycles. The van der Waals surface area contributed by atoms with Gasteiger partial charge in [0.15, 0.2) is 17.3 Å². The molecule has 0 amide bonds. The van der Waals surface area contributed by atoms with E-state index >= 15 is 0 Å². The second kappa shape index (κ2) is 6.77. The van der Waals surface area contributed by atoms with Gasteiger partial charge in [-0.25, -0.2) is 4.79 Å². The molecular formula is C21H24O7. The van der Waals surface area contributed by atoms with Gasteiger partial charge in [-0.15, -0.1) is 0 Å². The van der Waals surface area contributed by atoms with Crippen molar-refractivity contribution in [1.82, 2.24) is 0 Å². The molecule has 150 valence electrons. The van der Waals surface area contributed by atoms with Gasteiger partial charge < -0.3 is 29.5 Å². The van der Waals surface area contributed by atoms with E-state index in [0.29, 0.717) is 0 Å². The van der Waals surface area contributed by atoms with Crippen LogP contribution in [0.15, 0.2) is 48.5 Å². The highest BCUT2D eigenvalue weighted by Crippen LogP contribution is 2.56. The van der Waals surface area contributed by atoms with E-state index < -0.39 is 28.9 Å². The number of para-hydroxylation sites is 2. The number of phenols is 2. The van der Waals surface area contributed by atoms with Crippen molar-refractivity contribution >= 4 is 5.97 Å². The van der Waals surface area contributed by atoms with E-state index in [-0.39, 0.29) is 22.6 Å². The zero-order valence-corrected chi connectivity index (χ0v) is 16.2. The van der Waals surface area contributed by atoms with Gasteiger partial charge in [-0.1, -0.05) is 36.4 Å². The third kappa shape index (κ3) is 2.44. The molecule has 1 heterocycles. The Kier molecular flexibility index (Phi) is 4.87. The highest BCUT2D eigenvalue weighted by molar-refractivity contribution is 5.81. The summed E-state index contributed by atoms with van der Waals surface area (Å²) in [6.45, 7) is 3.07. The lowest BCUT2D eigenvalue weighted by atomic mass is 9.65. The first kappa shape index (κ1) is 20.1. The van der Waals surface area contributed by atoms with Crippen LogP contribution in [0.4, 0.5) is 0 Å². The fraction of sp³-hybridized carbons (Fsp3) is 0.381. The van der Waals surface area contributed by atoms with Crippen molar-refractivity contribution in [3.05, 3.63) is 59.7 Å². The predicted molar refractivity (Wildman–Crippen MR) is 99.9 cm³/mol. The molecule has 0 aromatic heterocycles. The van der Waals surface area contributed by atoms with Gasteiger partial charge in [-0.05, 0) is 26.0 Å². The maximum absolute atomic E-state index is 12.6. The number of cyclic esters (lactones) is 1. The summed E-state index contributed by atoms with van der Waals surface area (Å²) in [6, 6.07) is 12.2. The first-order chi connectivity index (χ1) is 13.2. The molecule has 0 radical (unpaired) electrons. The highest BCUT2D eigenvalue weighted by atomic mass is 16.7. The Hall–Kier alpha value is -2.61. The first-order valence-corrected chi connectivity index (χ1v) is 8.77. The fourth-order valence-corrected chi connectivity index (χ4v) is 4.11. The van der Waals surface area contributed by atoms with Crippen molar-refractivity contribution in [2.75, 3.05) is 14.2 Å². The number of carbonyl (C=O) groups is 1. The van der Waals surface area contributed by atoms with Crippen LogP contribution in [0.25, 0.3) is 0 Å². The zero-order chi connectivity index (χ0) is 20.7. The van der Waals surface area contributed by atoms with Gasteiger partial charge in [0.2, 0.25) is 0 Å². The number of rotatable bonds is 5.